The highest BCUT2D eigenvalue weighted by Crippen LogP contribution is 2.32. The van der Waals surface area contributed by atoms with Gasteiger partial charge in [-0.2, -0.15) is 13.2 Å². The van der Waals surface area contributed by atoms with Crippen molar-refractivity contribution in [2.75, 3.05) is 0 Å². The van der Waals surface area contributed by atoms with E-state index in [0.717, 1.165) is 34.0 Å². The molecular weight excluding hydrogens is 427 g/mol. The number of carbonyl (C=O) groups excluding carboxylic acids is 2. The van der Waals surface area contributed by atoms with Crippen LogP contribution in [0.5, 0.6) is 0 Å². The van der Waals surface area contributed by atoms with Gasteiger partial charge in [0.05, 0.1) is 15.9 Å². The molecule has 0 spiro atoms. The van der Waals surface area contributed by atoms with Crippen LogP contribution in [0.3, 0.4) is 0 Å². The van der Waals surface area contributed by atoms with Crippen LogP contribution in [-0.2, 0) is 6.54 Å². The first kappa shape index (κ1) is 20.7. The van der Waals surface area contributed by atoms with Crippen LogP contribution in [-0.4, -0.2) is 27.8 Å². The van der Waals surface area contributed by atoms with Crippen molar-refractivity contribution in [1.82, 2.24) is 15.3 Å². The van der Waals surface area contributed by atoms with Gasteiger partial charge >= 0.3 is 6.18 Å². The molecule has 156 valence electrons. The number of aromatic nitrogens is 2. The number of nitrogens with zero attached hydrogens (tertiary/aromatic N) is 2. The van der Waals surface area contributed by atoms with Crippen molar-refractivity contribution in [3.63, 3.8) is 0 Å². The lowest BCUT2D eigenvalue weighted by molar-refractivity contribution is -0.0882. The second-order valence-corrected chi connectivity index (χ2v) is 7.71. The molecule has 0 saturated carbocycles. The van der Waals surface area contributed by atoms with E-state index in [-0.39, 0.29) is 10.8 Å². The maximum absolute atomic E-state index is 12.6. The van der Waals surface area contributed by atoms with Crippen LogP contribution in [0.15, 0.2) is 67.0 Å². The Balaban J connectivity index is 1.42. The molecule has 0 aliphatic rings. The molecule has 0 radical (unpaired) electrons. The van der Waals surface area contributed by atoms with Crippen LogP contribution in [0.2, 0.25) is 0 Å². The Morgan fingerprint density at radius 1 is 0.903 bits per heavy atom. The number of amides is 1. The molecule has 1 N–H and O–H groups in total. The SMILES string of the molecule is O=C(NCc1ccc2nccnc2c1)c1ccc(-c2ccc(C(=O)C(F)(F)F)s2)cc1. The summed E-state index contributed by atoms with van der Waals surface area (Å²) < 4.78 is 37.7. The minimum absolute atomic E-state index is 0.287. The third-order valence-corrected chi connectivity index (χ3v) is 5.64. The van der Waals surface area contributed by atoms with Gasteiger partial charge < -0.3 is 5.32 Å². The highest BCUT2D eigenvalue weighted by atomic mass is 32.1. The molecule has 0 aliphatic carbocycles. The van der Waals surface area contributed by atoms with E-state index in [1.165, 1.54) is 6.07 Å². The van der Waals surface area contributed by atoms with E-state index in [2.05, 4.69) is 15.3 Å². The molecule has 9 heteroatoms. The van der Waals surface area contributed by atoms with Gasteiger partial charge in [-0.15, -0.1) is 11.3 Å². The van der Waals surface area contributed by atoms with Crippen LogP contribution in [0.4, 0.5) is 13.2 Å². The molecule has 0 aliphatic heterocycles. The van der Waals surface area contributed by atoms with Gasteiger partial charge in [0.2, 0.25) is 0 Å². The van der Waals surface area contributed by atoms with E-state index in [1.807, 2.05) is 18.2 Å². The topological polar surface area (TPSA) is 72.0 Å². The van der Waals surface area contributed by atoms with Gasteiger partial charge in [0.25, 0.3) is 11.7 Å². The van der Waals surface area contributed by atoms with Crippen LogP contribution in [0, 0.1) is 0 Å². The summed E-state index contributed by atoms with van der Waals surface area (Å²) in [6.45, 7) is 0.306. The molecular formula is C22H14F3N3O2S. The normalized spacial score (nSPS) is 11.5. The zero-order chi connectivity index (χ0) is 22.0. The van der Waals surface area contributed by atoms with Gasteiger partial charge in [-0.05, 0) is 47.5 Å². The molecule has 4 aromatic rings. The maximum atomic E-state index is 12.6. The Labute approximate surface area is 178 Å². The van der Waals surface area contributed by atoms with Gasteiger partial charge in [0, 0.05) is 29.4 Å². The first-order valence-electron chi connectivity index (χ1n) is 9.11. The Bertz CT molecular complexity index is 1270. The lowest BCUT2D eigenvalue weighted by atomic mass is 10.1. The number of halogens is 3. The van der Waals surface area contributed by atoms with Crippen molar-refractivity contribution >= 4 is 34.1 Å². The van der Waals surface area contributed by atoms with Crippen LogP contribution in [0.25, 0.3) is 21.5 Å². The molecule has 0 atom stereocenters. The Hall–Kier alpha value is -3.59. The zero-order valence-electron chi connectivity index (χ0n) is 15.8. The summed E-state index contributed by atoms with van der Waals surface area (Å²) in [6.07, 6.45) is -1.69. The van der Waals surface area contributed by atoms with E-state index in [9.17, 15) is 22.8 Å². The number of ketones is 1. The minimum atomic E-state index is -4.90. The molecule has 0 unspecified atom stereocenters. The molecule has 2 aromatic heterocycles. The Morgan fingerprint density at radius 2 is 1.61 bits per heavy atom. The van der Waals surface area contributed by atoms with E-state index in [1.54, 1.807) is 36.7 Å². The van der Waals surface area contributed by atoms with E-state index in [0.29, 0.717) is 22.5 Å². The smallest absolute Gasteiger partial charge is 0.348 e. The number of rotatable bonds is 5. The molecule has 31 heavy (non-hydrogen) atoms. The quantitative estimate of drug-likeness (QED) is 0.441. The largest absolute Gasteiger partial charge is 0.455 e. The summed E-state index contributed by atoms with van der Waals surface area (Å²) in [6, 6.07) is 14.6. The number of carbonyl (C=O) groups is 2. The standard InChI is InChI=1S/C22H14F3N3O2S/c23-22(24,25)20(29)19-8-7-18(31-19)14-2-4-15(5-3-14)21(30)28-12-13-1-6-16-17(11-13)27-10-9-26-16/h1-11H,12H2,(H,28,30). The predicted molar refractivity (Wildman–Crippen MR) is 111 cm³/mol. The minimum Gasteiger partial charge on any atom is -0.348 e. The summed E-state index contributed by atoms with van der Waals surface area (Å²) in [5.41, 5.74) is 3.40. The van der Waals surface area contributed by atoms with Crippen molar-refractivity contribution in [2.24, 2.45) is 0 Å². The van der Waals surface area contributed by atoms with E-state index < -0.39 is 12.0 Å². The molecule has 5 nitrogen and oxygen atoms in total. The highest BCUT2D eigenvalue weighted by molar-refractivity contribution is 7.17. The zero-order valence-corrected chi connectivity index (χ0v) is 16.6. The van der Waals surface area contributed by atoms with Crippen molar-refractivity contribution < 1.29 is 22.8 Å². The summed E-state index contributed by atoms with van der Waals surface area (Å²) >= 11 is 0.762. The second kappa shape index (κ2) is 8.27. The fraction of sp³-hybridized carbons (Fsp3) is 0.0909. The van der Waals surface area contributed by atoms with Gasteiger partial charge in [-0.25, -0.2) is 0 Å². The number of Topliss-reactive ketones (excluding diaryl/α,β-unsaturated/α-hetero) is 1. The number of thiophene rings is 1. The number of fused-ring (bicyclic) bond motifs is 1. The lowest BCUT2D eigenvalue weighted by Gasteiger charge is -2.07. The van der Waals surface area contributed by atoms with Crippen molar-refractivity contribution in [3.8, 4) is 10.4 Å². The van der Waals surface area contributed by atoms with Gasteiger partial charge in [-0.1, -0.05) is 18.2 Å². The predicted octanol–water partition coefficient (Wildman–Crippen LogP) is 5.03. The number of hydrogen-bond acceptors (Lipinski definition) is 5. The monoisotopic (exact) mass is 441 g/mol. The van der Waals surface area contributed by atoms with Gasteiger partial charge in [0.1, 0.15) is 0 Å². The summed E-state index contributed by atoms with van der Waals surface area (Å²) in [5, 5.41) is 2.82. The molecule has 0 fully saturated rings. The first-order valence-corrected chi connectivity index (χ1v) is 9.92. The van der Waals surface area contributed by atoms with Crippen molar-refractivity contribution in [3.05, 3.63) is 83.0 Å². The fourth-order valence-corrected chi connectivity index (χ4v) is 3.92. The third-order valence-electron chi connectivity index (χ3n) is 4.51. The molecule has 4 rings (SSSR count). The number of benzene rings is 2. The van der Waals surface area contributed by atoms with Crippen molar-refractivity contribution in [2.45, 2.75) is 12.7 Å². The summed E-state index contributed by atoms with van der Waals surface area (Å²) in [5.74, 6) is -2.15. The summed E-state index contributed by atoms with van der Waals surface area (Å²) in [4.78, 5) is 32.3. The maximum Gasteiger partial charge on any atom is 0.455 e. The average Bonchev–Trinajstić information content (AvgIpc) is 3.26. The Morgan fingerprint density at radius 3 is 2.32 bits per heavy atom. The Kier molecular flexibility index (Phi) is 5.51. The van der Waals surface area contributed by atoms with E-state index >= 15 is 0 Å². The second-order valence-electron chi connectivity index (χ2n) is 6.63. The van der Waals surface area contributed by atoms with Crippen LogP contribution >= 0.6 is 11.3 Å². The fourth-order valence-electron chi connectivity index (χ4n) is 2.94. The van der Waals surface area contributed by atoms with Gasteiger partial charge in [-0.3, -0.25) is 19.6 Å². The first-order chi connectivity index (χ1) is 14.8. The molecule has 1 amide bonds. The average molecular weight is 441 g/mol. The highest BCUT2D eigenvalue weighted by Gasteiger charge is 2.40. The number of hydrogen-bond donors (Lipinski definition) is 1. The van der Waals surface area contributed by atoms with E-state index in [4.69, 9.17) is 0 Å². The molecule has 0 bridgehead atoms. The molecule has 2 aromatic carbocycles. The third kappa shape index (κ3) is 4.61. The van der Waals surface area contributed by atoms with Crippen LogP contribution in [0.1, 0.15) is 25.6 Å². The van der Waals surface area contributed by atoms with Gasteiger partial charge in [0.15, 0.2) is 0 Å². The number of alkyl halides is 3. The number of nitrogens with one attached hydrogen (secondary N) is 1. The van der Waals surface area contributed by atoms with Crippen molar-refractivity contribution in [1.29, 1.82) is 0 Å². The molecule has 2 heterocycles. The van der Waals surface area contributed by atoms with Crippen LogP contribution < -0.4 is 5.32 Å². The molecule has 0 saturated heterocycles. The summed E-state index contributed by atoms with van der Waals surface area (Å²) in [7, 11) is 0. The lowest BCUT2D eigenvalue weighted by Crippen LogP contribution is -2.22.